The molecule has 3 rings (SSSR count). The molecule has 0 spiro atoms. The van der Waals surface area contributed by atoms with Crippen molar-refractivity contribution in [2.45, 2.75) is 40.9 Å². The number of carbonyl (C=O) groups excluding carboxylic acids is 1. The van der Waals surface area contributed by atoms with Gasteiger partial charge in [0, 0.05) is 21.9 Å². The van der Waals surface area contributed by atoms with Gasteiger partial charge < -0.3 is 5.32 Å². The highest BCUT2D eigenvalue weighted by Crippen LogP contribution is 2.37. The van der Waals surface area contributed by atoms with Gasteiger partial charge in [-0.05, 0) is 43.3 Å². The van der Waals surface area contributed by atoms with Crippen LogP contribution < -0.4 is 5.32 Å². The highest BCUT2D eigenvalue weighted by Gasteiger charge is 2.51. The molecule has 136 valence electrons. The van der Waals surface area contributed by atoms with Gasteiger partial charge in [-0.3, -0.25) is 4.79 Å². The molecule has 2 unspecified atom stereocenters. The molecule has 1 amide bonds. The summed E-state index contributed by atoms with van der Waals surface area (Å²) >= 11 is 1.57. The average molecular weight is 379 g/mol. The van der Waals surface area contributed by atoms with Crippen LogP contribution in [0.15, 0.2) is 74.6 Å². The molecule has 4 nitrogen and oxygen atoms in total. The van der Waals surface area contributed by atoms with Crippen LogP contribution >= 0.6 is 11.8 Å². The summed E-state index contributed by atoms with van der Waals surface area (Å²) in [6.45, 7) is 1.36. The fourth-order valence-corrected chi connectivity index (χ4v) is 3.31. The number of halogens is 3. The summed E-state index contributed by atoms with van der Waals surface area (Å²) in [5.74, 6) is -0.600. The first kappa shape index (κ1) is 18.4. The van der Waals surface area contributed by atoms with E-state index in [9.17, 15) is 18.0 Å². The highest BCUT2D eigenvalue weighted by molar-refractivity contribution is 7.99. The first-order chi connectivity index (χ1) is 12.3. The summed E-state index contributed by atoms with van der Waals surface area (Å²) in [7, 11) is 0. The van der Waals surface area contributed by atoms with Gasteiger partial charge in [0.2, 0.25) is 0 Å². The Hall–Kier alpha value is -2.35. The minimum Gasteiger partial charge on any atom is -0.324 e. The molecule has 8 heteroatoms. The second-order valence-electron chi connectivity index (χ2n) is 6.14. The van der Waals surface area contributed by atoms with Crippen LogP contribution in [0.5, 0.6) is 0 Å². The summed E-state index contributed by atoms with van der Waals surface area (Å²) in [4.78, 5) is 14.4. The second kappa shape index (κ2) is 7.11. The van der Waals surface area contributed by atoms with Crippen LogP contribution in [-0.4, -0.2) is 23.7 Å². The van der Waals surface area contributed by atoms with E-state index in [2.05, 4.69) is 15.5 Å². The molecule has 0 bridgehead atoms. The van der Waals surface area contributed by atoms with Crippen LogP contribution in [0.25, 0.3) is 0 Å². The standard InChI is InChI=1S/C18H16F3N3OS/c1-17(11-15(23-24-17)18(19,20)21)16(25)22-12-7-9-14(10-8-12)26-13-5-3-2-4-6-13/h2-10,15H,11H2,1H3,(H,22,25). The van der Waals surface area contributed by atoms with E-state index in [4.69, 9.17) is 0 Å². The van der Waals surface area contributed by atoms with Crippen molar-refractivity contribution in [2.24, 2.45) is 10.2 Å². The molecule has 2 aromatic carbocycles. The minimum absolute atomic E-state index is 0.482. The van der Waals surface area contributed by atoms with E-state index >= 15 is 0 Å². The minimum atomic E-state index is -4.49. The Labute approximate surface area is 152 Å². The van der Waals surface area contributed by atoms with Gasteiger partial charge in [-0.15, -0.1) is 0 Å². The van der Waals surface area contributed by atoms with Crippen LogP contribution in [0.1, 0.15) is 13.3 Å². The van der Waals surface area contributed by atoms with Crippen molar-refractivity contribution in [3.8, 4) is 0 Å². The fourth-order valence-electron chi connectivity index (χ4n) is 2.47. The van der Waals surface area contributed by atoms with Crippen molar-refractivity contribution in [1.29, 1.82) is 0 Å². The van der Waals surface area contributed by atoms with Crippen molar-refractivity contribution >= 4 is 23.4 Å². The maximum atomic E-state index is 12.7. The number of alkyl halides is 3. The predicted octanol–water partition coefficient (Wildman–Crippen LogP) is 5.32. The number of anilines is 1. The number of hydrogen-bond acceptors (Lipinski definition) is 4. The second-order valence-corrected chi connectivity index (χ2v) is 7.29. The fraction of sp³-hybridized carbons (Fsp3) is 0.278. The molecule has 2 atom stereocenters. The lowest BCUT2D eigenvalue weighted by atomic mass is 9.94. The van der Waals surface area contributed by atoms with E-state index in [0.29, 0.717) is 5.69 Å². The Kier molecular flexibility index (Phi) is 5.04. The smallest absolute Gasteiger partial charge is 0.324 e. The van der Waals surface area contributed by atoms with Crippen LogP contribution in [0.4, 0.5) is 18.9 Å². The molecule has 0 fully saturated rings. The third kappa shape index (κ3) is 4.24. The van der Waals surface area contributed by atoms with E-state index in [1.54, 1.807) is 23.9 Å². The van der Waals surface area contributed by atoms with Gasteiger partial charge in [-0.1, -0.05) is 30.0 Å². The third-order valence-electron chi connectivity index (χ3n) is 3.97. The van der Waals surface area contributed by atoms with Crippen molar-refractivity contribution in [3.05, 3.63) is 54.6 Å². The first-order valence-electron chi connectivity index (χ1n) is 7.89. The molecule has 0 radical (unpaired) electrons. The maximum absolute atomic E-state index is 12.7. The summed E-state index contributed by atoms with van der Waals surface area (Å²) in [5, 5.41) is 9.41. The molecule has 1 heterocycles. The number of benzene rings is 2. The quantitative estimate of drug-likeness (QED) is 0.781. The molecule has 0 saturated carbocycles. The molecule has 1 N–H and O–H groups in total. The van der Waals surface area contributed by atoms with Crippen LogP contribution in [0.2, 0.25) is 0 Å². The predicted molar refractivity (Wildman–Crippen MR) is 93.4 cm³/mol. The number of amides is 1. The van der Waals surface area contributed by atoms with E-state index in [1.807, 2.05) is 42.5 Å². The van der Waals surface area contributed by atoms with Gasteiger partial charge in [0.15, 0.2) is 11.6 Å². The van der Waals surface area contributed by atoms with E-state index in [-0.39, 0.29) is 0 Å². The van der Waals surface area contributed by atoms with Crippen LogP contribution in [0, 0.1) is 0 Å². The monoisotopic (exact) mass is 379 g/mol. The number of azo groups is 1. The summed E-state index contributed by atoms with van der Waals surface area (Å²) < 4.78 is 38.2. The zero-order valence-electron chi connectivity index (χ0n) is 13.8. The number of hydrogen-bond donors (Lipinski definition) is 1. The van der Waals surface area contributed by atoms with Crippen molar-refractivity contribution in [1.82, 2.24) is 0 Å². The molecular formula is C18H16F3N3OS. The van der Waals surface area contributed by atoms with Crippen molar-refractivity contribution in [2.75, 3.05) is 5.32 Å². The molecule has 1 aliphatic rings. The lowest BCUT2D eigenvalue weighted by molar-refractivity contribution is -0.148. The molecule has 0 saturated heterocycles. The Balaban J connectivity index is 1.62. The summed E-state index contributed by atoms with van der Waals surface area (Å²) in [6, 6.07) is 15.0. The zero-order chi connectivity index (χ0) is 18.8. The Morgan fingerprint density at radius 3 is 2.31 bits per heavy atom. The molecular weight excluding hydrogens is 363 g/mol. The van der Waals surface area contributed by atoms with Crippen LogP contribution in [0.3, 0.4) is 0 Å². The number of carbonyl (C=O) groups is 1. The molecule has 26 heavy (non-hydrogen) atoms. The number of nitrogens with one attached hydrogen (secondary N) is 1. The van der Waals surface area contributed by atoms with E-state index in [0.717, 1.165) is 9.79 Å². The third-order valence-corrected chi connectivity index (χ3v) is 4.98. The normalized spacial score (nSPS) is 22.4. The van der Waals surface area contributed by atoms with Gasteiger partial charge >= 0.3 is 6.18 Å². The largest absolute Gasteiger partial charge is 0.412 e. The van der Waals surface area contributed by atoms with E-state index < -0.39 is 30.1 Å². The maximum Gasteiger partial charge on any atom is 0.412 e. The van der Waals surface area contributed by atoms with E-state index in [1.165, 1.54) is 6.92 Å². The zero-order valence-corrected chi connectivity index (χ0v) is 14.6. The van der Waals surface area contributed by atoms with Crippen molar-refractivity contribution < 1.29 is 18.0 Å². The van der Waals surface area contributed by atoms with Crippen molar-refractivity contribution in [3.63, 3.8) is 0 Å². The molecule has 0 aromatic heterocycles. The molecule has 0 aliphatic carbocycles. The molecule has 1 aliphatic heterocycles. The topological polar surface area (TPSA) is 53.8 Å². The SMILES string of the molecule is CC1(C(=O)Nc2ccc(Sc3ccccc3)cc2)CC(C(F)(F)F)N=N1. The Morgan fingerprint density at radius 2 is 1.73 bits per heavy atom. The van der Waals surface area contributed by atoms with Gasteiger partial charge in [0.05, 0.1) is 0 Å². The number of rotatable bonds is 4. The number of nitrogens with zero attached hydrogens (tertiary/aromatic N) is 2. The summed E-state index contributed by atoms with van der Waals surface area (Å²) in [5.41, 5.74) is -1.02. The first-order valence-corrected chi connectivity index (χ1v) is 8.71. The summed E-state index contributed by atoms with van der Waals surface area (Å²) in [6.07, 6.45) is -4.97. The van der Waals surface area contributed by atoms with Gasteiger partial charge in [-0.2, -0.15) is 23.4 Å². The lowest BCUT2D eigenvalue weighted by Gasteiger charge is -2.20. The van der Waals surface area contributed by atoms with Gasteiger partial charge in [0.1, 0.15) is 0 Å². The van der Waals surface area contributed by atoms with Gasteiger partial charge in [-0.25, -0.2) is 0 Å². The average Bonchev–Trinajstić information content (AvgIpc) is 3.02. The van der Waals surface area contributed by atoms with Crippen LogP contribution in [-0.2, 0) is 4.79 Å². The lowest BCUT2D eigenvalue weighted by Crippen LogP contribution is -2.40. The Morgan fingerprint density at radius 1 is 1.12 bits per heavy atom. The molecule has 2 aromatic rings. The highest BCUT2D eigenvalue weighted by atomic mass is 32.2. The Bertz CT molecular complexity index is 809. The van der Waals surface area contributed by atoms with Gasteiger partial charge in [0.25, 0.3) is 5.91 Å².